The Kier molecular flexibility index (Phi) is 5.00. The number of aromatic nitrogens is 2. The third-order valence-electron chi connectivity index (χ3n) is 3.14. The predicted molar refractivity (Wildman–Crippen MR) is 79.3 cm³/mol. The Labute approximate surface area is 134 Å². The van der Waals surface area contributed by atoms with Crippen LogP contribution >= 0.6 is 11.3 Å². The molecular formula is C14H14F3N3O2S. The van der Waals surface area contributed by atoms with Gasteiger partial charge >= 0.3 is 6.18 Å². The summed E-state index contributed by atoms with van der Waals surface area (Å²) in [6.45, 7) is 1.71. The number of amides is 1. The summed E-state index contributed by atoms with van der Waals surface area (Å²) in [4.78, 5) is 13.7. The van der Waals surface area contributed by atoms with E-state index in [0.717, 1.165) is 22.3 Å². The fourth-order valence-electron chi connectivity index (χ4n) is 2.04. The van der Waals surface area contributed by atoms with E-state index in [1.807, 2.05) is 0 Å². The zero-order valence-corrected chi connectivity index (χ0v) is 13.4. The van der Waals surface area contributed by atoms with Crippen molar-refractivity contribution in [1.82, 2.24) is 10.2 Å². The molecule has 0 saturated carbocycles. The van der Waals surface area contributed by atoms with Crippen LogP contribution in [0.5, 0.6) is 0 Å². The van der Waals surface area contributed by atoms with Crippen molar-refractivity contribution in [2.45, 2.75) is 19.2 Å². The summed E-state index contributed by atoms with van der Waals surface area (Å²) < 4.78 is 44.5. The van der Waals surface area contributed by atoms with Crippen molar-refractivity contribution < 1.29 is 22.7 Å². The Hall–Kier alpha value is -2.00. The number of rotatable bonds is 4. The average molecular weight is 345 g/mol. The van der Waals surface area contributed by atoms with Crippen molar-refractivity contribution in [2.75, 3.05) is 19.1 Å². The second-order valence-electron chi connectivity index (χ2n) is 4.70. The maximum atomic E-state index is 13.1. The lowest BCUT2D eigenvalue weighted by Crippen LogP contribution is -2.33. The maximum absolute atomic E-state index is 13.1. The predicted octanol–water partition coefficient (Wildman–Crippen LogP) is 3.22. The lowest BCUT2D eigenvalue weighted by Gasteiger charge is -2.23. The molecule has 124 valence electrons. The van der Waals surface area contributed by atoms with Gasteiger partial charge in [-0.3, -0.25) is 9.69 Å². The number of alkyl halides is 3. The smallest absolute Gasteiger partial charge is 0.367 e. The number of anilines is 1. The molecule has 1 unspecified atom stereocenters. The van der Waals surface area contributed by atoms with Crippen LogP contribution in [0.25, 0.3) is 0 Å². The largest absolute Gasteiger partial charge is 0.416 e. The van der Waals surface area contributed by atoms with Gasteiger partial charge in [-0.25, -0.2) is 0 Å². The van der Waals surface area contributed by atoms with Gasteiger partial charge in [0.2, 0.25) is 5.13 Å². The highest BCUT2D eigenvalue weighted by Gasteiger charge is 2.38. The fourth-order valence-corrected chi connectivity index (χ4v) is 2.69. The summed E-state index contributed by atoms with van der Waals surface area (Å²) in [5, 5.41) is 8.54. The molecule has 0 aliphatic carbocycles. The zero-order valence-electron chi connectivity index (χ0n) is 12.6. The third kappa shape index (κ3) is 3.67. The number of methoxy groups -OCH3 is 1. The van der Waals surface area contributed by atoms with Gasteiger partial charge in [0.15, 0.2) is 6.10 Å². The van der Waals surface area contributed by atoms with Crippen molar-refractivity contribution >= 4 is 22.4 Å². The van der Waals surface area contributed by atoms with Crippen LogP contribution in [0, 0.1) is 6.92 Å². The molecule has 5 nitrogen and oxygen atoms in total. The van der Waals surface area contributed by atoms with Crippen LogP contribution in [0.2, 0.25) is 0 Å². The van der Waals surface area contributed by atoms with Crippen LogP contribution in [0.4, 0.5) is 18.3 Å². The summed E-state index contributed by atoms with van der Waals surface area (Å²) in [6.07, 6.45) is -5.96. The number of halogens is 3. The summed E-state index contributed by atoms with van der Waals surface area (Å²) in [6, 6.07) is 4.85. The van der Waals surface area contributed by atoms with Gasteiger partial charge in [0.25, 0.3) is 5.91 Å². The van der Waals surface area contributed by atoms with Crippen LogP contribution in [0.1, 0.15) is 22.2 Å². The van der Waals surface area contributed by atoms with E-state index in [4.69, 9.17) is 4.74 Å². The molecule has 1 atom stereocenters. The standard InChI is InChI=1S/C14H14F3N3O2S/c1-8-18-19-13(23-8)20(2)12(21)11(22-3)9-6-4-5-7-10(9)14(15,16)17/h4-7,11H,1-3H3. The minimum absolute atomic E-state index is 0.236. The SMILES string of the molecule is COC(C(=O)N(C)c1nnc(C)s1)c1ccccc1C(F)(F)F. The van der Waals surface area contributed by atoms with Gasteiger partial charge in [0, 0.05) is 19.7 Å². The summed E-state index contributed by atoms with van der Waals surface area (Å²) >= 11 is 1.16. The lowest BCUT2D eigenvalue weighted by atomic mass is 10.0. The maximum Gasteiger partial charge on any atom is 0.416 e. The van der Waals surface area contributed by atoms with Gasteiger partial charge in [-0.2, -0.15) is 13.2 Å². The molecule has 0 aliphatic rings. The van der Waals surface area contributed by atoms with Gasteiger partial charge in [-0.15, -0.1) is 10.2 Å². The summed E-state index contributed by atoms with van der Waals surface area (Å²) in [7, 11) is 2.61. The molecule has 9 heteroatoms. The van der Waals surface area contributed by atoms with E-state index in [2.05, 4.69) is 10.2 Å². The van der Waals surface area contributed by atoms with Crippen LogP contribution in [0.15, 0.2) is 24.3 Å². The highest BCUT2D eigenvalue weighted by atomic mass is 32.1. The molecule has 0 bridgehead atoms. The minimum atomic E-state index is -4.58. The third-order valence-corrected chi connectivity index (χ3v) is 4.06. The van der Waals surface area contributed by atoms with E-state index in [0.29, 0.717) is 10.1 Å². The van der Waals surface area contributed by atoms with E-state index < -0.39 is 23.8 Å². The number of aryl methyl sites for hydroxylation is 1. The monoisotopic (exact) mass is 345 g/mol. The second-order valence-corrected chi connectivity index (χ2v) is 5.86. The average Bonchev–Trinajstić information content (AvgIpc) is 2.93. The number of hydrogen-bond donors (Lipinski definition) is 0. The number of nitrogens with zero attached hydrogens (tertiary/aromatic N) is 3. The molecule has 23 heavy (non-hydrogen) atoms. The van der Waals surface area contributed by atoms with Crippen molar-refractivity contribution in [1.29, 1.82) is 0 Å². The zero-order chi connectivity index (χ0) is 17.2. The number of ether oxygens (including phenoxy) is 1. The minimum Gasteiger partial charge on any atom is -0.367 e. The van der Waals surface area contributed by atoms with Gasteiger partial charge < -0.3 is 4.74 Å². The Morgan fingerprint density at radius 1 is 1.30 bits per heavy atom. The van der Waals surface area contributed by atoms with E-state index in [1.54, 1.807) is 6.92 Å². The van der Waals surface area contributed by atoms with Crippen molar-refractivity contribution in [3.63, 3.8) is 0 Å². The van der Waals surface area contributed by atoms with Crippen molar-refractivity contribution in [3.8, 4) is 0 Å². The quantitative estimate of drug-likeness (QED) is 0.854. The van der Waals surface area contributed by atoms with Crippen molar-refractivity contribution in [2.24, 2.45) is 0 Å². The molecule has 2 aromatic rings. The van der Waals surface area contributed by atoms with Crippen LogP contribution in [0.3, 0.4) is 0 Å². The molecule has 0 N–H and O–H groups in total. The number of benzene rings is 1. The van der Waals surface area contributed by atoms with Gasteiger partial charge in [-0.05, 0) is 13.0 Å². The van der Waals surface area contributed by atoms with E-state index in [1.165, 1.54) is 32.4 Å². The molecule has 1 aromatic heterocycles. The Morgan fingerprint density at radius 2 is 1.96 bits per heavy atom. The van der Waals surface area contributed by atoms with E-state index in [9.17, 15) is 18.0 Å². The number of carbonyl (C=O) groups excluding carboxylic acids is 1. The first-order valence-electron chi connectivity index (χ1n) is 6.52. The van der Waals surface area contributed by atoms with E-state index >= 15 is 0 Å². The summed E-state index contributed by atoms with van der Waals surface area (Å²) in [5.74, 6) is -0.652. The van der Waals surface area contributed by atoms with Crippen molar-refractivity contribution in [3.05, 3.63) is 40.4 Å². The first kappa shape index (κ1) is 17.4. The highest BCUT2D eigenvalue weighted by molar-refractivity contribution is 7.15. The highest BCUT2D eigenvalue weighted by Crippen LogP contribution is 2.36. The molecule has 1 amide bonds. The number of carbonyl (C=O) groups is 1. The second kappa shape index (κ2) is 6.63. The van der Waals surface area contributed by atoms with Crippen LogP contribution < -0.4 is 4.90 Å². The molecule has 0 spiro atoms. The van der Waals surface area contributed by atoms with Gasteiger partial charge in [0.05, 0.1) is 5.56 Å². The molecule has 1 aromatic carbocycles. The Bertz CT molecular complexity index is 703. The molecule has 1 heterocycles. The van der Waals surface area contributed by atoms with Crippen LogP contribution in [-0.4, -0.2) is 30.3 Å². The molecule has 0 fully saturated rings. The lowest BCUT2D eigenvalue weighted by molar-refractivity contribution is -0.140. The number of hydrogen-bond acceptors (Lipinski definition) is 5. The summed E-state index contributed by atoms with van der Waals surface area (Å²) in [5.41, 5.74) is -1.14. The first-order chi connectivity index (χ1) is 10.8. The normalized spacial score (nSPS) is 13.0. The van der Waals surface area contributed by atoms with Crippen LogP contribution in [-0.2, 0) is 15.7 Å². The number of likely N-dealkylation sites (N-methyl/N-ethyl adjacent to an activating group) is 1. The molecular weight excluding hydrogens is 331 g/mol. The molecule has 0 aliphatic heterocycles. The van der Waals surface area contributed by atoms with Gasteiger partial charge in [0.1, 0.15) is 5.01 Å². The van der Waals surface area contributed by atoms with Gasteiger partial charge in [-0.1, -0.05) is 29.5 Å². The topological polar surface area (TPSA) is 55.3 Å². The fraction of sp³-hybridized carbons (Fsp3) is 0.357. The first-order valence-corrected chi connectivity index (χ1v) is 7.34. The van der Waals surface area contributed by atoms with E-state index in [-0.39, 0.29) is 5.56 Å². The Morgan fingerprint density at radius 3 is 2.48 bits per heavy atom. The molecule has 0 saturated heterocycles. The molecule has 0 radical (unpaired) electrons. The molecule has 2 rings (SSSR count). The Balaban J connectivity index is 2.38.